The molecule has 4 nitrogen and oxygen atoms in total. The fourth-order valence-corrected chi connectivity index (χ4v) is 2.35. The molecule has 1 saturated heterocycles. The maximum atomic E-state index is 12.4. The highest BCUT2D eigenvalue weighted by Crippen LogP contribution is 2.33. The van der Waals surface area contributed by atoms with Crippen molar-refractivity contribution in [1.82, 2.24) is 0 Å². The van der Waals surface area contributed by atoms with Crippen LogP contribution in [0.5, 0.6) is 5.75 Å². The summed E-state index contributed by atoms with van der Waals surface area (Å²) in [7, 11) is 1.62. The van der Waals surface area contributed by atoms with E-state index in [0.29, 0.717) is 18.8 Å². The Kier molecular flexibility index (Phi) is 3.41. The van der Waals surface area contributed by atoms with Crippen LogP contribution in [0, 0.1) is 19.3 Å². The summed E-state index contributed by atoms with van der Waals surface area (Å²) in [6.45, 7) is 4.24. The second-order valence-electron chi connectivity index (χ2n) is 4.90. The molecule has 1 fully saturated rings. The van der Waals surface area contributed by atoms with Crippen LogP contribution in [-0.2, 0) is 4.74 Å². The van der Waals surface area contributed by atoms with Crippen LogP contribution in [0.25, 0.3) is 0 Å². The van der Waals surface area contributed by atoms with Crippen LogP contribution in [0.3, 0.4) is 0 Å². The van der Waals surface area contributed by atoms with Crippen molar-refractivity contribution in [3.8, 4) is 5.75 Å². The summed E-state index contributed by atoms with van der Waals surface area (Å²) < 4.78 is 10.3. The van der Waals surface area contributed by atoms with Gasteiger partial charge in [-0.15, -0.1) is 0 Å². The lowest BCUT2D eigenvalue weighted by Gasteiger charge is -2.38. The Balaban J connectivity index is 2.37. The molecular formula is C14H18O4. The number of aliphatic hydroxyl groups excluding tert-OH is 1. The first kappa shape index (κ1) is 13.1. The van der Waals surface area contributed by atoms with E-state index in [4.69, 9.17) is 9.47 Å². The lowest BCUT2D eigenvalue weighted by atomic mass is 9.78. The van der Waals surface area contributed by atoms with Crippen molar-refractivity contribution < 1.29 is 19.4 Å². The van der Waals surface area contributed by atoms with E-state index in [-0.39, 0.29) is 12.4 Å². The van der Waals surface area contributed by atoms with Crippen molar-refractivity contribution in [1.29, 1.82) is 0 Å². The molecule has 4 heteroatoms. The van der Waals surface area contributed by atoms with Gasteiger partial charge in [0, 0.05) is 5.56 Å². The third kappa shape index (κ3) is 1.91. The van der Waals surface area contributed by atoms with Gasteiger partial charge in [-0.05, 0) is 37.1 Å². The van der Waals surface area contributed by atoms with E-state index in [1.54, 1.807) is 7.11 Å². The highest BCUT2D eigenvalue weighted by atomic mass is 16.5. The average molecular weight is 250 g/mol. The molecule has 0 aromatic heterocycles. The number of benzene rings is 1. The smallest absolute Gasteiger partial charge is 0.175 e. The second-order valence-corrected chi connectivity index (χ2v) is 4.90. The van der Waals surface area contributed by atoms with Crippen LogP contribution in [0.2, 0.25) is 0 Å². The fraction of sp³-hybridized carbons (Fsp3) is 0.500. The van der Waals surface area contributed by atoms with Crippen molar-refractivity contribution in [2.75, 3.05) is 26.9 Å². The molecule has 1 N–H and O–H groups in total. The highest BCUT2D eigenvalue weighted by Gasteiger charge is 2.45. The first-order chi connectivity index (χ1) is 8.54. The van der Waals surface area contributed by atoms with Gasteiger partial charge in [-0.2, -0.15) is 0 Å². The molecule has 1 aliphatic rings. The van der Waals surface area contributed by atoms with E-state index in [9.17, 15) is 9.90 Å². The average Bonchev–Trinajstić information content (AvgIpc) is 2.27. The molecule has 1 aromatic carbocycles. The summed E-state index contributed by atoms with van der Waals surface area (Å²) in [5.74, 6) is 0.750. The summed E-state index contributed by atoms with van der Waals surface area (Å²) in [5, 5.41) is 9.38. The Bertz CT molecular complexity index is 446. The largest absolute Gasteiger partial charge is 0.496 e. The molecule has 1 aliphatic heterocycles. The van der Waals surface area contributed by atoms with Gasteiger partial charge in [0.05, 0.1) is 26.9 Å². The molecule has 1 aromatic rings. The summed E-state index contributed by atoms with van der Waals surface area (Å²) in [5.41, 5.74) is 1.72. The van der Waals surface area contributed by atoms with E-state index in [0.717, 1.165) is 16.9 Å². The first-order valence-electron chi connectivity index (χ1n) is 5.93. The van der Waals surface area contributed by atoms with Crippen LogP contribution in [0.4, 0.5) is 0 Å². The van der Waals surface area contributed by atoms with Gasteiger partial charge >= 0.3 is 0 Å². The summed E-state index contributed by atoms with van der Waals surface area (Å²) in [6.07, 6.45) is 0. The third-order valence-electron chi connectivity index (χ3n) is 3.47. The summed E-state index contributed by atoms with van der Waals surface area (Å²) in [4.78, 5) is 12.4. The minimum absolute atomic E-state index is 0.0508. The van der Waals surface area contributed by atoms with Crippen LogP contribution < -0.4 is 4.74 Å². The predicted molar refractivity (Wildman–Crippen MR) is 67.1 cm³/mol. The molecule has 0 bridgehead atoms. The molecule has 0 amide bonds. The van der Waals surface area contributed by atoms with Gasteiger partial charge in [0.25, 0.3) is 0 Å². The molecule has 0 atom stereocenters. The van der Waals surface area contributed by atoms with Crippen molar-refractivity contribution in [2.24, 2.45) is 5.41 Å². The highest BCUT2D eigenvalue weighted by molar-refractivity contribution is 6.01. The number of Topliss-reactive ketones (excluding diaryl/α,β-unsaturated/α-hetero) is 1. The van der Waals surface area contributed by atoms with Crippen molar-refractivity contribution in [2.45, 2.75) is 13.8 Å². The van der Waals surface area contributed by atoms with Gasteiger partial charge in [-0.3, -0.25) is 4.79 Å². The first-order valence-corrected chi connectivity index (χ1v) is 5.93. The zero-order valence-corrected chi connectivity index (χ0v) is 10.9. The van der Waals surface area contributed by atoms with E-state index >= 15 is 0 Å². The molecule has 1 heterocycles. The fourth-order valence-electron chi connectivity index (χ4n) is 2.35. The van der Waals surface area contributed by atoms with Gasteiger partial charge < -0.3 is 14.6 Å². The minimum atomic E-state index is -0.743. The number of hydrogen-bond acceptors (Lipinski definition) is 4. The van der Waals surface area contributed by atoms with E-state index < -0.39 is 5.41 Å². The number of carbonyl (C=O) groups excluding carboxylic acids is 1. The Hall–Kier alpha value is -1.39. The maximum Gasteiger partial charge on any atom is 0.175 e. The topological polar surface area (TPSA) is 55.8 Å². The number of carbonyl (C=O) groups is 1. The Morgan fingerprint density at radius 3 is 2.28 bits per heavy atom. The molecule has 0 radical (unpaired) electrons. The van der Waals surface area contributed by atoms with Gasteiger partial charge in [-0.1, -0.05) is 0 Å². The molecule has 2 rings (SSSR count). The summed E-state index contributed by atoms with van der Waals surface area (Å²) >= 11 is 0. The second kappa shape index (κ2) is 4.71. The molecule has 98 valence electrons. The van der Waals surface area contributed by atoms with Gasteiger partial charge in [-0.25, -0.2) is 0 Å². The van der Waals surface area contributed by atoms with Crippen molar-refractivity contribution in [3.63, 3.8) is 0 Å². The lowest BCUT2D eigenvalue weighted by molar-refractivity contribution is -0.109. The van der Waals surface area contributed by atoms with Gasteiger partial charge in [0.15, 0.2) is 5.78 Å². The number of methoxy groups -OCH3 is 1. The molecular weight excluding hydrogens is 232 g/mol. The number of ketones is 1. The summed E-state index contributed by atoms with van der Waals surface area (Å²) in [6, 6.07) is 3.62. The number of hydrogen-bond donors (Lipinski definition) is 1. The number of aliphatic hydroxyl groups is 1. The predicted octanol–water partition coefficient (Wildman–Crippen LogP) is 1.50. The van der Waals surface area contributed by atoms with Gasteiger partial charge in [0.1, 0.15) is 11.2 Å². The van der Waals surface area contributed by atoms with E-state index in [1.165, 1.54) is 0 Å². The zero-order chi connectivity index (χ0) is 13.3. The molecule has 0 unspecified atom stereocenters. The van der Waals surface area contributed by atoms with E-state index in [1.807, 2.05) is 26.0 Å². The number of ether oxygens (including phenoxy) is 2. The van der Waals surface area contributed by atoms with Crippen molar-refractivity contribution in [3.05, 3.63) is 28.8 Å². The lowest BCUT2D eigenvalue weighted by Crippen LogP contribution is -2.51. The molecule has 18 heavy (non-hydrogen) atoms. The SMILES string of the molecule is COc1c(C)cc(C(=O)C2(CO)COC2)cc1C. The number of aryl methyl sites for hydroxylation is 2. The standard InChI is InChI=1S/C14H18O4/c1-9-4-11(5-10(2)12(9)17-3)13(16)14(6-15)7-18-8-14/h4-5,15H,6-8H2,1-3H3. The van der Waals surface area contributed by atoms with Crippen LogP contribution in [0.1, 0.15) is 21.5 Å². The van der Waals surface area contributed by atoms with Crippen LogP contribution in [0.15, 0.2) is 12.1 Å². The molecule has 0 spiro atoms. The Labute approximate surface area is 107 Å². The van der Waals surface area contributed by atoms with Crippen LogP contribution in [-0.4, -0.2) is 37.8 Å². The van der Waals surface area contributed by atoms with Crippen molar-refractivity contribution >= 4 is 5.78 Å². The Morgan fingerprint density at radius 1 is 1.39 bits per heavy atom. The Morgan fingerprint density at radius 2 is 1.94 bits per heavy atom. The maximum absolute atomic E-state index is 12.4. The third-order valence-corrected chi connectivity index (χ3v) is 3.47. The normalized spacial score (nSPS) is 17.1. The van der Waals surface area contributed by atoms with Crippen LogP contribution >= 0.6 is 0 Å². The quantitative estimate of drug-likeness (QED) is 0.823. The van der Waals surface area contributed by atoms with Gasteiger partial charge in [0.2, 0.25) is 0 Å². The van der Waals surface area contributed by atoms with E-state index in [2.05, 4.69) is 0 Å². The number of rotatable bonds is 4. The monoisotopic (exact) mass is 250 g/mol. The minimum Gasteiger partial charge on any atom is -0.496 e. The zero-order valence-electron chi connectivity index (χ0n) is 10.9. The molecule has 0 aliphatic carbocycles. The molecule has 0 saturated carbocycles.